The minimum Gasteiger partial charge on any atom is -0.323 e. The molecule has 0 amide bonds. The monoisotopic (exact) mass is 272 g/mol. The Balaban J connectivity index is 1.82. The lowest BCUT2D eigenvalue weighted by Crippen LogP contribution is -2.47. The Morgan fingerprint density at radius 1 is 1.20 bits per heavy atom. The van der Waals surface area contributed by atoms with Gasteiger partial charge in [-0.3, -0.25) is 4.90 Å². The van der Waals surface area contributed by atoms with Crippen LogP contribution in [0.3, 0.4) is 0 Å². The number of hydrogen-bond acceptors (Lipinski definition) is 2. The van der Waals surface area contributed by atoms with Gasteiger partial charge in [0.25, 0.3) is 0 Å². The fourth-order valence-corrected chi connectivity index (χ4v) is 3.79. The van der Waals surface area contributed by atoms with Crippen LogP contribution < -0.4 is 5.73 Å². The third-order valence-corrected chi connectivity index (χ3v) is 5.07. The molecule has 0 aromatic heterocycles. The summed E-state index contributed by atoms with van der Waals surface area (Å²) < 4.78 is 0. The maximum atomic E-state index is 6.64. The first-order chi connectivity index (χ1) is 9.70. The first kappa shape index (κ1) is 14.1. The van der Waals surface area contributed by atoms with Gasteiger partial charge in [0.05, 0.1) is 0 Å². The lowest BCUT2D eigenvalue weighted by molar-refractivity contribution is 0.141. The summed E-state index contributed by atoms with van der Waals surface area (Å²) in [5, 5.41) is 0. The van der Waals surface area contributed by atoms with Crippen LogP contribution in [0, 0.1) is 5.92 Å². The van der Waals surface area contributed by atoms with E-state index in [1.807, 2.05) is 0 Å². The van der Waals surface area contributed by atoms with Gasteiger partial charge in [0.2, 0.25) is 0 Å². The van der Waals surface area contributed by atoms with Crippen LogP contribution in [0.5, 0.6) is 0 Å². The van der Waals surface area contributed by atoms with E-state index in [9.17, 15) is 0 Å². The van der Waals surface area contributed by atoms with Crippen LogP contribution in [0.25, 0.3) is 0 Å². The topological polar surface area (TPSA) is 29.3 Å². The van der Waals surface area contributed by atoms with Crippen LogP contribution in [0.15, 0.2) is 24.3 Å². The van der Waals surface area contributed by atoms with Gasteiger partial charge in [-0.1, -0.05) is 38.1 Å². The molecular formula is C18H28N2. The molecule has 0 spiro atoms. The molecule has 1 fully saturated rings. The summed E-state index contributed by atoms with van der Waals surface area (Å²) in [5.74, 6) is 1.58. The number of benzene rings is 1. The normalized spacial score (nSPS) is 29.5. The summed E-state index contributed by atoms with van der Waals surface area (Å²) in [6.45, 7) is 7.11. The first-order valence-corrected chi connectivity index (χ1v) is 8.29. The highest BCUT2D eigenvalue weighted by atomic mass is 15.2. The zero-order valence-corrected chi connectivity index (χ0v) is 12.9. The quantitative estimate of drug-likeness (QED) is 0.886. The second kappa shape index (κ2) is 5.87. The molecule has 3 rings (SSSR count). The average Bonchev–Trinajstić information content (AvgIpc) is 3.26. The summed E-state index contributed by atoms with van der Waals surface area (Å²) in [7, 11) is 0. The van der Waals surface area contributed by atoms with E-state index in [4.69, 9.17) is 5.73 Å². The minimum absolute atomic E-state index is 0.188. The van der Waals surface area contributed by atoms with Gasteiger partial charge in [0, 0.05) is 18.6 Å². The number of nitrogens with two attached hydrogens (primary N) is 1. The summed E-state index contributed by atoms with van der Waals surface area (Å²) in [4.78, 5) is 2.69. The van der Waals surface area contributed by atoms with Crippen molar-refractivity contribution in [2.75, 3.05) is 13.1 Å². The van der Waals surface area contributed by atoms with Gasteiger partial charge in [-0.25, -0.2) is 0 Å². The van der Waals surface area contributed by atoms with Crippen molar-refractivity contribution in [2.45, 2.75) is 57.5 Å². The van der Waals surface area contributed by atoms with E-state index in [1.165, 1.54) is 49.9 Å². The van der Waals surface area contributed by atoms with Crippen LogP contribution in [0.2, 0.25) is 0 Å². The van der Waals surface area contributed by atoms with Gasteiger partial charge in [-0.15, -0.1) is 0 Å². The van der Waals surface area contributed by atoms with Gasteiger partial charge in [0.1, 0.15) is 0 Å². The van der Waals surface area contributed by atoms with E-state index in [2.05, 4.69) is 43.0 Å². The second-order valence-electron chi connectivity index (χ2n) is 6.80. The molecule has 1 saturated carbocycles. The molecule has 1 aromatic rings. The van der Waals surface area contributed by atoms with Crippen molar-refractivity contribution < 1.29 is 0 Å². The van der Waals surface area contributed by atoms with Gasteiger partial charge in [-0.05, 0) is 55.2 Å². The minimum atomic E-state index is 0.188. The Hall–Kier alpha value is -0.860. The molecule has 2 N–H and O–H groups in total. The van der Waals surface area contributed by atoms with Crippen molar-refractivity contribution in [3.05, 3.63) is 35.4 Å². The number of fused-ring (bicyclic) bond motifs is 1. The SMILES string of the molecule is CCCN(CC1CC1)C1CC(C)c2ccccc2C1N. The molecule has 20 heavy (non-hydrogen) atoms. The Morgan fingerprint density at radius 2 is 1.90 bits per heavy atom. The maximum absolute atomic E-state index is 6.64. The molecule has 0 heterocycles. The molecule has 0 radical (unpaired) electrons. The van der Waals surface area contributed by atoms with Crippen molar-refractivity contribution >= 4 is 0 Å². The van der Waals surface area contributed by atoms with E-state index in [0.29, 0.717) is 12.0 Å². The second-order valence-corrected chi connectivity index (χ2v) is 6.80. The zero-order valence-electron chi connectivity index (χ0n) is 12.9. The standard InChI is InChI=1S/C18H28N2/c1-3-10-20(12-14-8-9-14)17-11-13(2)15-6-4-5-7-16(15)18(17)19/h4-7,13-14,17-18H,3,8-12,19H2,1-2H3. The van der Waals surface area contributed by atoms with Gasteiger partial charge < -0.3 is 5.73 Å². The van der Waals surface area contributed by atoms with Crippen molar-refractivity contribution in [1.29, 1.82) is 0 Å². The van der Waals surface area contributed by atoms with Crippen LogP contribution >= 0.6 is 0 Å². The molecule has 2 heteroatoms. The zero-order chi connectivity index (χ0) is 14.1. The summed E-state index contributed by atoms with van der Waals surface area (Å²) in [6.07, 6.45) is 5.29. The van der Waals surface area contributed by atoms with Crippen LogP contribution in [0.1, 0.15) is 62.6 Å². The summed E-state index contributed by atoms with van der Waals surface area (Å²) in [5.41, 5.74) is 9.49. The van der Waals surface area contributed by atoms with Crippen molar-refractivity contribution in [3.8, 4) is 0 Å². The Kier molecular flexibility index (Phi) is 4.13. The first-order valence-electron chi connectivity index (χ1n) is 8.29. The summed E-state index contributed by atoms with van der Waals surface area (Å²) >= 11 is 0. The van der Waals surface area contributed by atoms with Gasteiger partial charge in [0.15, 0.2) is 0 Å². The molecule has 110 valence electrons. The van der Waals surface area contributed by atoms with E-state index in [0.717, 1.165) is 5.92 Å². The van der Waals surface area contributed by atoms with Crippen LogP contribution in [0.4, 0.5) is 0 Å². The molecule has 0 aliphatic heterocycles. The highest BCUT2D eigenvalue weighted by Gasteiger charge is 2.36. The number of nitrogens with zero attached hydrogens (tertiary/aromatic N) is 1. The largest absolute Gasteiger partial charge is 0.323 e. The third-order valence-electron chi connectivity index (χ3n) is 5.07. The van der Waals surface area contributed by atoms with E-state index < -0.39 is 0 Å². The highest BCUT2D eigenvalue weighted by Crippen LogP contribution is 2.40. The molecule has 2 nitrogen and oxygen atoms in total. The predicted molar refractivity (Wildman–Crippen MR) is 84.8 cm³/mol. The van der Waals surface area contributed by atoms with E-state index >= 15 is 0 Å². The molecule has 0 saturated heterocycles. The fraction of sp³-hybridized carbons (Fsp3) is 0.667. The van der Waals surface area contributed by atoms with Crippen molar-refractivity contribution in [3.63, 3.8) is 0 Å². The summed E-state index contributed by atoms with van der Waals surface area (Å²) in [6, 6.07) is 9.51. The number of hydrogen-bond donors (Lipinski definition) is 1. The predicted octanol–water partition coefficient (Wildman–Crippen LogP) is 3.68. The third kappa shape index (κ3) is 2.77. The van der Waals surface area contributed by atoms with Gasteiger partial charge >= 0.3 is 0 Å². The Morgan fingerprint density at radius 3 is 2.55 bits per heavy atom. The molecule has 2 aliphatic rings. The lowest BCUT2D eigenvalue weighted by atomic mass is 9.77. The van der Waals surface area contributed by atoms with Gasteiger partial charge in [-0.2, -0.15) is 0 Å². The Labute approximate surface area is 123 Å². The van der Waals surface area contributed by atoms with Crippen LogP contribution in [-0.4, -0.2) is 24.0 Å². The van der Waals surface area contributed by atoms with E-state index in [-0.39, 0.29) is 6.04 Å². The molecule has 2 aliphatic carbocycles. The lowest BCUT2D eigenvalue weighted by Gasteiger charge is -2.42. The van der Waals surface area contributed by atoms with Crippen LogP contribution in [-0.2, 0) is 0 Å². The molecule has 1 aromatic carbocycles. The smallest absolute Gasteiger partial charge is 0.0456 e. The average molecular weight is 272 g/mol. The maximum Gasteiger partial charge on any atom is 0.0456 e. The molecule has 3 atom stereocenters. The Bertz CT molecular complexity index is 452. The highest BCUT2D eigenvalue weighted by molar-refractivity contribution is 5.36. The van der Waals surface area contributed by atoms with E-state index in [1.54, 1.807) is 0 Å². The molecule has 3 unspecified atom stereocenters. The fourth-order valence-electron chi connectivity index (χ4n) is 3.79. The molecule has 0 bridgehead atoms. The molecular weight excluding hydrogens is 244 g/mol. The van der Waals surface area contributed by atoms with Crippen molar-refractivity contribution in [1.82, 2.24) is 4.90 Å². The van der Waals surface area contributed by atoms with Crippen molar-refractivity contribution in [2.24, 2.45) is 11.7 Å². The number of rotatable bonds is 5.